The van der Waals surface area contributed by atoms with Crippen LogP contribution in [0, 0.1) is 0 Å². The van der Waals surface area contributed by atoms with Gasteiger partial charge in [-0.15, -0.1) is 0 Å². The molecule has 0 fully saturated rings. The van der Waals surface area contributed by atoms with Crippen molar-refractivity contribution in [3.05, 3.63) is 47.5 Å². The van der Waals surface area contributed by atoms with Crippen molar-refractivity contribution in [3.63, 3.8) is 0 Å². The van der Waals surface area contributed by atoms with Gasteiger partial charge in [0.05, 0.1) is 24.4 Å². The van der Waals surface area contributed by atoms with Crippen LogP contribution in [0.3, 0.4) is 0 Å². The number of ether oxygens (including phenoxy) is 2. The summed E-state index contributed by atoms with van der Waals surface area (Å²) < 4.78 is 9.70. The Bertz CT molecular complexity index is 518. The number of carbonyl (C=O) groups is 2. The molecular formula is C16H20O5. The van der Waals surface area contributed by atoms with Crippen LogP contribution in [-0.4, -0.2) is 30.3 Å². The van der Waals surface area contributed by atoms with Gasteiger partial charge >= 0.3 is 11.9 Å². The largest absolute Gasteiger partial charge is 0.465 e. The van der Waals surface area contributed by atoms with Crippen LogP contribution < -0.4 is 0 Å². The number of benzene rings is 1. The molecule has 0 spiro atoms. The first-order valence-electron chi connectivity index (χ1n) is 6.66. The highest BCUT2D eigenvalue weighted by molar-refractivity contribution is 5.90. The second kappa shape index (κ2) is 7.59. The minimum atomic E-state index is -1.17. The Kier molecular flexibility index (Phi) is 6.11. The first kappa shape index (κ1) is 16.9. The summed E-state index contributed by atoms with van der Waals surface area (Å²) in [6.07, 6.45) is -0.723. The van der Waals surface area contributed by atoms with E-state index in [0.717, 1.165) is 0 Å². The molecule has 1 aromatic rings. The minimum absolute atomic E-state index is 0.0406. The Morgan fingerprint density at radius 2 is 1.86 bits per heavy atom. The molecule has 5 nitrogen and oxygen atoms in total. The molecule has 21 heavy (non-hydrogen) atoms. The van der Waals surface area contributed by atoms with Crippen LogP contribution in [0.2, 0.25) is 0 Å². The second-order valence-electron chi connectivity index (χ2n) is 4.67. The Labute approximate surface area is 124 Å². The molecule has 1 rings (SSSR count). The summed E-state index contributed by atoms with van der Waals surface area (Å²) in [5, 5.41) is 10.1. The molecule has 0 amide bonds. The maximum atomic E-state index is 11.8. The van der Waals surface area contributed by atoms with E-state index in [-0.39, 0.29) is 11.7 Å². The Hall–Kier alpha value is -2.14. The number of hydrogen-bond donors (Lipinski definition) is 1. The van der Waals surface area contributed by atoms with Crippen LogP contribution in [0.25, 0.3) is 0 Å². The van der Waals surface area contributed by atoms with Gasteiger partial charge in [0.25, 0.3) is 0 Å². The number of aliphatic hydroxyl groups is 1. The summed E-state index contributed by atoms with van der Waals surface area (Å²) in [5.74, 6) is -1.10. The lowest BCUT2D eigenvalue weighted by Crippen LogP contribution is -2.19. The molecule has 0 saturated heterocycles. The van der Waals surface area contributed by atoms with E-state index in [0.29, 0.717) is 17.5 Å². The summed E-state index contributed by atoms with van der Waals surface area (Å²) in [7, 11) is 1.29. The molecule has 0 aliphatic rings. The standard InChI is InChI=1S/C16H20O5/c1-5-10(2)21-15(18)11(3)14(17)12-6-8-13(9-7-12)16(19)20-4/h6-10,14,17H,3,5H2,1-2,4H3. The fraction of sp³-hybridized carbons (Fsp3) is 0.375. The molecule has 0 aromatic heterocycles. The lowest BCUT2D eigenvalue weighted by molar-refractivity contribution is -0.144. The smallest absolute Gasteiger partial charge is 0.337 e. The zero-order chi connectivity index (χ0) is 16.0. The van der Waals surface area contributed by atoms with Crippen molar-refractivity contribution in [1.82, 2.24) is 0 Å². The van der Waals surface area contributed by atoms with Crippen molar-refractivity contribution < 1.29 is 24.2 Å². The van der Waals surface area contributed by atoms with Gasteiger partial charge in [-0.1, -0.05) is 25.6 Å². The Morgan fingerprint density at radius 3 is 2.33 bits per heavy atom. The van der Waals surface area contributed by atoms with E-state index in [4.69, 9.17) is 4.74 Å². The van der Waals surface area contributed by atoms with Crippen LogP contribution in [0.15, 0.2) is 36.4 Å². The molecular weight excluding hydrogens is 272 g/mol. The maximum Gasteiger partial charge on any atom is 0.337 e. The van der Waals surface area contributed by atoms with E-state index in [1.165, 1.54) is 19.2 Å². The molecule has 5 heteroatoms. The summed E-state index contributed by atoms with van der Waals surface area (Å²) >= 11 is 0. The summed E-state index contributed by atoms with van der Waals surface area (Å²) in [6.45, 7) is 7.23. The molecule has 1 N–H and O–H groups in total. The molecule has 2 atom stereocenters. The number of methoxy groups -OCH3 is 1. The van der Waals surface area contributed by atoms with Crippen molar-refractivity contribution in [2.24, 2.45) is 0 Å². The molecule has 0 aliphatic heterocycles. The molecule has 0 bridgehead atoms. The molecule has 0 radical (unpaired) electrons. The monoisotopic (exact) mass is 292 g/mol. The molecule has 2 unspecified atom stereocenters. The third-order valence-electron chi connectivity index (χ3n) is 3.12. The van der Waals surface area contributed by atoms with Crippen LogP contribution in [0.5, 0.6) is 0 Å². The van der Waals surface area contributed by atoms with Gasteiger partial charge in [-0.3, -0.25) is 0 Å². The predicted molar refractivity (Wildman–Crippen MR) is 77.7 cm³/mol. The highest BCUT2D eigenvalue weighted by atomic mass is 16.5. The lowest BCUT2D eigenvalue weighted by Gasteiger charge is -2.16. The number of carbonyl (C=O) groups excluding carboxylic acids is 2. The molecule has 114 valence electrons. The minimum Gasteiger partial charge on any atom is -0.465 e. The van der Waals surface area contributed by atoms with Crippen LogP contribution in [0.1, 0.15) is 42.3 Å². The first-order valence-corrected chi connectivity index (χ1v) is 6.66. The zero-order valence-corrected chi connectivity index (χ0v) is 12.5. The highest BCUT2D eigenvalue weighted by Gasteiger charge is 2.21. The fourth-order valence-corrected chi connectivity index (χ4v) is 1.57. The summed E-state index contributed by atoms with van der Waals surface area (Å²) in [4.78, 5) is 23.1. The van der Waals surface area contributed by atoms with Crippen molar-refractivity contribution in [2.45, 2.75) is 32.5 Å². The van der Waals surface area contributed by atoms with Gasteiger partial charge in [-0.2, -0.15) is 0 Å². The van der Waals surface area contributed by atoms with E-state index in [1.54, 1.807) is 19.1 Å². The van der Waals surface area contributed by atoms with Crippen LogP contribution >= 0.6 is 0 Å². The summed E-state index contributed by atoms with van der Waals surface area (Å²) in [5.41, 5.74) is 0.774. The van der Waals surface area contributed by atoms with Crippen molar-refractivity contribution in [1.29, 1.82) is 0 Å². The van der Waals surface area contributed by atoms with Gasteiger partial charge < -0.3 is 14.6 Å². The van der Waals surface area contributed by atoms with E-state index >= 15 is 0 Å². The number of hydrogen-bond acceptors (Lipinski definition) is 5. The summed E-state index contributed by atoms with van der Waals surface area (Å²) in [6, 6.07) is 6.10. The predicted octanol–water partition coefficient (Wildman–Crippen LogP) is 2.40. The van der Waals surface area contributed by atoms with Gasteiger partial charge in [-0.25, -0.2) is 9.59 Å². The van der Waals surface area contributed by atoms with Gasteiger partial charge in [-0.05, 0) is 31.0 Å². The van der Waals surface area contributed by atoms with Gasteiger partial charge in [0.1, 0.15) is 6.10 Å². The third-order valence-corrected chi connectivity index (χ3v) is 3.12. The van der Waals surface area contributed by atoms with Crippen LogP contribution in [-0.2, 0) is 14.3 Å². The van der Waals surface area contributed by atoms with E-state index in [1.807, 2.05) is 6.92 Å². The second-order valence-corrected chi connectivity index (χ2v) is 4.67. The van der Waals surface area contributed by atoms with E-state index < -0.39 is 18.0 Å². The zero-order valence-electron chi connectivity index (χ0n) is 12.5. The average molecular weight is 292 g/mol. The molecule has 0 heterocycles. The molecule has 0 saturated carbocycles. The third kappa shape index (κ3) is 4.43. The normalized spacial score (nSPS) is 13.1. The average Bonchev–Trinajstić information content (AvgIpc) is 2.52. The SMILES string of the molecule is C=C(C(=O)OC(C)CC)C(O)c1ccc(C(=O)OC)cc1. The number of rotatable bonds is 6. The van der Waals surface area contributed by atoms with Crippen LogP contribution in [0.4, 0.5) is 0 Å². The van der Waals surface area contributed by atoms with Crippen molar-refractivity contribution >= 4 is 11.9 Å². The molecule has 1 aromatic carbocycles. The highest BCUT2D eigenvalue weighted by Crippen LogP contribution is 2.22. The van der Waals surface area contributed by atoms with Crippen molar-refractivity contribution in [2.75, 3.05) is 7.11 Å². The Balaban J connectivity index is 2.78. The molecule has 0 aliphatic carbocycles. The first-order chi connectivity index (χ1) is 9.90. The lowest BCUT2D eigenvalue weighted by atomic mass is 10.0. The quantitative estimate of drug-likeness (QED) is 0.644. The maximum absolute atomic E-state index is 11.8. The van der Waals surface area contributed by atoms with E-state index in [2.05, 4.69) is 11.3 Å². The Morgan fingerprint density at radius 1 is 1.29 bits per heavy atom. The van der Waals surface area contributed by atoms with Gasteiger partial charge in [0, 0.05) is 0 Å². The number of esters is 2. The topological polar surface area (TPSA) is 72.8 Å². The van der Waals surface area contributed by atoms with Gasteiger partial charge in [0.2, 0.25) is 0 Å². The van der Waals surface area contributed by atoms with Gasteiger partial charge in [0.15, 0.2) is 0 Å². The number of aliphatic hydroxyl groups excluding tert-OH is 1. The fourth-order valence-electron chi connectivity index (χ4n) is 1.57. The van der Waals surface area contributed by atoms with Crippen molar-refractivity contribution in [3.8, 4) is 0 Å². The van der Waals surface area contributed by atoms with E-state index in [9.17, 15) is 14.7 Å².